The van der Waals surface area contributed by atoms with E-state index in [1.54, 1.807) is 17.7 Å². The molecule has 0 amide bonds. The molecule has 0 atom stereocenters. The Hall–Kier alpha value is -1.51. The van der Waals surface area contributed by atoms with Crippen molar-refractivity contribution in [1.29, 1.82) is 0 Å². The molecule has 3 heteroatoms. The van der Waals surface area contributed by atoms with Crippen molar-refractivity contribution in [1.82, 2.24) is 9.55 Å². The Morgan fingerprint density at radius 1 is 1.62 bits per heavy atom. The van der Waals surface area contributed by atoms with E-state index < -0.39 is 0 Å². The van der Waals surface area contributed by atoms with E-state index in [0.29, 0.717) is 0 Å². The molecule has 1 N–H and O–H groups in total. The number of rotatable bonds is 2. The summed E-state index contributed by atoms with van der Waals surface area (Å²) < 4.78 is 1.57. The summed E-state index contributed by atoms with van der Waals surface area (Å²) in [5.74, 6) is 0. The van der Waals surface area contributed by atoms with Crippen LogP contribution in [0.1, 0.15) is 13.3 Å². The van der Waals surface area contributed by atoms with Gasteiger partial charge >= 0.3 is 5.69 Å². The molecule has 0 spiro atoms. The smallest absolute Gasteiger partial charge is 0.306 e. The summed E-state index contributed by atoms with van der Waals surface area (Å²) in [5.41, 5.74) is -0.0900. The van der Waals surface area contributed by atoms with Gasteiger partial charge in [0.1, 0.15) is 0 Å². The third kappa shape index (κ3) is 1.80. The van der Waals surface area contributed by atoms with Crippen LogP contribution in [0.5, 0.6) is 0 Å². The second-order valence-corrected chi connectivity index (χ2v) is 2.80. The van der Waals surface area contributed by atoms with Crippen LogP contribution in [-0.2, 0) is 7.05 Å². The molecule has 0 bridgehead atoms. The van der Waals surface area contributed by atoms with Gasteiger partial charge in [-0.05, 0) is 12.5 Å². The zero-order chi connectivity index (χ0) is 9.84. The van der Waals surface area contributed by atoms with Crippen molar-refractivity contribution < 1.29 is 0 Å². The highest BCUT2D eigenvalue weighted by molar-refractivity contribution is 5.34. The van der Waals surface area contributed by atoms with Gasteiger partial charge in [-0.2, -0.15) is 0 Å². The molecular weight excluding hydrogens is 164 g/mol. The monoisotopic (exact) mass is 178 g/mol. The van der Waals surface area contributed by atoms with E-state index in [4.69, 9.17) is 0 Å². The Bertz CT molecular complexity index is 462. The molecule has 0 aliphatic heterocycles. The van der Waals surface area contributed by atoms with E-state index in [9.17, 15) is 4.79 Å². The molecule has 70 valence electrons. The van der Waals surface area contributed by atoms with Crippen molar-refractivity contribution in [3.63, 3.8) is 0 Å². The Balaban J connectivity index is 3.64. The van der Waals surface area contributed by atoms with Crippen molar-refractivity contribution in [2.45, 2.75) is 13.3 Å². The molecule has 0 aromatic carbocycles. The molecule has 13 heavy (non-hydrogen) atoms. The number of hydrogen-bond donors (Lipinski definition) is 1. The Kier molecular flexibility index (Phi) is 2.90. The summed E-state index contributed by atoms with van der Waals surface area (Å²) in [7, 11) is 1.74. The number of H-pyrrole nitrogens is 1. The van der Waals surface area contributed by atoms with Gasteiger partial charge in [0.05, 0.1) is 10.7 Å². The highest BCUT2D eigenvalue weighted by atomic mass is 16.1. The van der Waals surface area contributed by atoms with E-state index in [1.165, 1.54) is 0 Å². The SMILES string of the molecule is C=C/C=c1\c(=C/CC)[nH]c(=O)n1C. The van der Waals surface area contributed by atoms with Gasteiger partial charge < -0.3 is 4.98 Å². The van der Waals surface area contributed by atoms with Gasteiger partial charge in [-0.25, -0.2) is 4.79 Å². The molecule has 0 saturated heterocycles. The van der Waals surface area contributed by atoms with Crippen molar-refractivity contribution in [3.05, 3.63) is 33.8 Å². The van der Waals surface area contributed by atoms with Crippen LogP contribution in [0, 0.1) is 0 Å². The molecule has 0 aliphatic carbocycles. The maximum atomic E-state index is 11.2. The molecule has 1 rings (SSSR count). The predicted octanol–water partition coefficient (Wildman–Crippen LogP) is -0.130. The quantitative estimate of drug-likeness (QED) is 0.673. The second-order valence-electron chi connectivity index (χ2n) is 2.80. The first-order chi connectivity index (χ1) is 6.20. The third-order valence-electron chi connectivity index (χ3n) is 1.87. The van der Waals surface area contributed by atoms with Crippen LogP contribution in [0.3, 0.4) is 0 Å². The van der Waals surface area contributed by atoms with Crippen molar-refractivity contribution >= 4 is 12.2 Å². The largest absolute Gasteiger partial charge is 0.326 e. The highest BCUT2D eigenvalue weighted by Gasteiger charge is 1.94. The standard InChI is InChI=1S/C10H14N2O/c1-4-6-8-9(7-5-2)12(3)10(13)11-8/h5-7H,2,4H2,1,3H3,(H,11,13)/b8-6+,9-7+. The van der Waals surface area contributed by atoms with E-state index >= 15 is 0 Å². The van der Waals surface area contributed by atoms with Crippen LogP contribution in [0.2, 0.25) is 0 Å². The Labute approximate surface area is 76.7 Å². The fourth-order valence-electron chi connectivity index (χ4n) is 1.23. The lowest BCUT2D eigenvalue weighted by atomic mass is 10.4. The van der Waals surface area contributed by atoms with Crippen molar-refractivity contribution in [2.75, 3.05) is 0 Å². The summed E-state index contributed by atoms with van der Waals surface area (Å²) in [6.07, 6.45) is 6.38. The van der Waals surface area contributed by atoms with Gasteiger partial charge in [-0.15, -0.1) is 0 Å². The maximum absolute atomic E-state index is 11.2. The molecule has 1 aromatic heterocycles. The van der Waals surface area contributed by atoms with Gasteiger partial charge in [0.25, 0.3) is 0 Å². The highest BCUT2D eigenvalue weighted by Crippen LogP contribution is 1.71. The third-order valence-corrected chi connectivity index (χ3v) is 1.87. The normalized spacial score (nSPS) is 13.7. The minimum atomic E-state index is -0.0900. The number of aromatic amines is 1. The second kappa shape index (κ2) is 3.94. The number of nitrogens with one attached hydrogen (secondary N) is 1. The van der Waals surface area contributed by atoms with Crippen LogP contribution < -0.4 is 16.4 Å². The van der Waals surface area contributed by atoms with Crippen LogP contribution in [0.25, 0.3) is 12.2 Å². The zero-order valence-corrected chi connectivity index (χ0v) is 8.00. The number of aromatic nitrogens is 2. The van der Waals surface area contributed by atoms with Crippen LogP contribution in [0.4, 0.5) is 0 Å². The molecule has 0 radical (unpaired) electrons. The van der Waals surface area contributed by atoms with Gasteiger partial charge in [-0.1, -0.05) is 25.7 Å². The molecular formula is C10H14N2O. The first kappa shape index (κ1) is 9.58. The fourth-order valence-corrected chi connectivity index (χ4v) is 1.23. The molecule has 0 unspecified atom stereocenters. The summed E-state index contributed by atoms with van der Waals surface area (Å²) in [6, 6.07) is 0. The molecule has 1 heterocycles. The lowest BCUT2D eigenvalue weighted by molar-refractivity contribution is 0.836. The lowest BCUT2D eigenvalue weighted by Crippen LogP contribution is -2.29. The molecule has 1 aromatic rings. The summed E-state index contributed by atoms with van der Waals surface area (Å²) >= 11 is 0. The van der Waals surface area contributed by atoms with Gasteiger partial charge in [0.2, 0.25) is 0 Å². The minimum absolute atomic E-state index is 0.0900. The lowest BCUT2D eigenvalue weighted by Gasteiger charge is -1.85. The first-order valence-electron chi connectivity index (χ1n) is 4.28. The maximum Gasteiger partial charge on any atom is 0.326 e. The first-order valence-corrected chi connectivity index (χ1v) is 4.28. The van der Waals surface area contributed by atoms with E-state index in [2.05, 4.69) is 11.6 Å². The number of hydrogen-bond acceptors (Lipinski definition) is 1. The topological polar surface area (TPSA) is 37.8 Å². The van der Waals surface area contributed by atoms with Crippen molar-refractivity contribution in [3.8, 4) is 0 Å². The average Bonchev–Trinajstić information content (AvgIpc) is 2.34. The molecule has 0 saturated carbocycles. The van der Waals surface area contributed by atoms with Crippen LogP contribution >= 0.6 is 0 Å². The Morgan fingerprint density at radius 3 is 2.85 bits per heavy atom. The molecule has 0 aliphatic rings. The van der Waals surface area contributed by atoms with Gasteiger partial charge in [0.15, 0.2) is 0 Å². The van der Waals surface area contributed by atoms with Gasteiger partial charge in [0, 0.05) is 7.05 Å². The predicted molar refractivity (Wildman–Crippen MR) is 54.7 cm³/mol. The molecule has 0 fully saturated rings. The Morgan fingerprint density at radius 2 is 2.31 bits per heavy atom. The number of nitrogens with zero attached hydrogens (tertiary/aromatic N) is 1. The zero-order valence-electron chi connectivity index (χ0n) is 8.00. The van der Waals surface area contributed by atoms with E-state index in [0.717, 1.165) is 17.1 Å². The molecule has 3 nitrogen and oxygen atoms in total. The summed E-state index contributed by atoms with van der Waals surface area (Å²) in [4.78, 5) is 14.0. The minimum Gasteiger partial charge on any atom is -0.306 e. The summed E-state index contributed by atoms with van der Waals surface area (Å²) in [5, 5.41) is 1.75. The van der Waals surface area contributed by atoms with Crippen LogP contribution in [0.15, 0.2) is 17.4 Å². The fraction of sp³-hybridized carbons (Fsp3) is 0.300. The average molecular weight is 178 g/mol. The number of imidazole rings is 1. The summed E-state index contributed by atoms with van der Waals surface area (Å²) in [6.45, 7) is 5.64. The van der Waals surface area contributed by atoms with Crippen molar-refractivity contribution in [2.24, 2.45) is 7.05 Å². The van der Waals surface area contributed by atoms with E-state index in [-0.39, 0.29) is 5.69 Å². The van der Waals surface area contributed by atoms with E-state index in [1.807, 2.05) is 19.1 Å². The van der Waals surface area contributed by atoms with Crippen LogP contribution in [-0.4, -0.2) is 9.55 Å². The number of allylic oxidation sites excluding steroid dienone is 1. The van der Waals surface area contributed by atoms with Gasteiger partial charge in [-0.3, -0.25) is 4.57 Å².